The molecular formula is C22H20BrNO4. The molecule has 0 radical (unpaired) electrons. The van der Waals surface area contributed by atoms with Crippen LogP contribution in [0.4, 0.5) is 0 Å². The fraction of sp³-hybridized carbons (Fsp3) is 0.182. The summed E-state index contributed by atoms with van der Waals surface area (Å²) in [4.78, 5) is 27.0. The van der Waals surface area contributed by atoms with Gasteiger partial charge in [-0.25, -0.2) is 0 Å². The van der Waals surface area contributed by atoms with E-state index < -0.39 is 23.5 Å². The number of aliphatic hydroxyl groups is 1. The molecule has 144 valence electrons. The van der Waals surface area contributed by atoms with Gasteiger partial charge in [0.1, 0.15) is 0 Å². The van der Waals surface area contributed by atoms with E-state index in [0.717, 1.165) is 15.6 Å². The minimum absolute atomic E-state index is 0.0793. The molecule has 3 rings (SSSR count). The molecule has 1 heterocycles. The van der Waals surface area contributed by atoms with E-state index in [2.05, 4.69) is 15.9 Å². The topological polar surface area (TPSA) is 66.8 Å². The summed E-state index contributed by atoms with van der Waals surface area (Å²) in [6, 6.07) is 16.0. The minimum atomic E-state index is -0.663. The molecule has 2 aromatic carbocycles. The van der Waals surface area contributed by atoms with Crippen molar-refractivity contribution in [3.63, 3.8) is 0 Å². The van der Waals surface area contributed by atoms with Crippen molar-refractivity contribution in [2.24, 2.45) is 0 Å². The largest absolute Gasteiger partial charge is 0.503 e. The van der Waals surface area contributed by atoms with E-state index in [0.29, 0.717) is 6.61 Å². The number of amides is 1. The van der Waals surface area contributed by atoms with E-state index in [9.17, 15) is 14.7 Å². The molecule has 2 aromatic rings. The number of halogens is 1. The highest BCUT2D eigenvalue weighted by molar-refractivity contribution is 9.10. The molecule has 1 atom stereocenters. The molecule has 1 amide bonds. The van der Waals surface area contributed by atoms with E-state index in [4.69, 9.17) is 4.74 Å². The predicted octanol–water partition coefficient (Wildman–Crippen LogP) is 4.07. The van der Waals surface area contributed by atoms with Gasteiger partial charge in [0.05, 0.1) is 18.2 Å². The third kappa shape index (κ3) is 4.24. The first-order valence-electron chi connectivity index (χ1n) is 8.79. The number of aliphatic hydroxyl groups excluding tert-OH is 1. The van der Waals surface area contributed by atoms with Gasteiger partial charge in [-0.2, -0.15) is 0 Å². The first kappa shape index (κ1) is 20.0. The van der Waals surface area contributed by atoms with Crippen molar-refractivity contribution in [3.05, 3.63) is 87.6 Å². The van der Waals surface area contributed by atoms with Crippen LogP contribution in [0.3, 0.4) is 0 Å². The van der Waals surface area contributed by atoms with Gasteiger partial charge >= 0.3 is 0 Å². The highest BCUT2D eigenvalue weighted by Gasteiger charge is 2.42. The summed E-state index contributed by atoms with van der Waals surface area (Å²) >= 11 is 3.39. The number of methoxy groups -OCH3 is 1. The van der Waals surface area contributed by atoms with Crippen molar-refractivity contribution >= 4 is 33.7 Å². The van der Waals surface area contributed by atoms with Gasteiger partial charge in [0.2, 0.25) is 0 Å². The molecule has 1 aliphatic heterocycles. The Balaban J connectivity index is 1.97. The summed E-state index contributed by atoms with van der Waals surface area (Å²) in [6.45, 7) is 0.562. The number of ether oxygens (including phenoxy) is 1. The lowest BCUT2D eigenvalue weighted by Crippen LogP contribution is -2.33. The Hall–Kier alpha value is -2.70. The average Bonchev–Trinajstić information content (AvgIpc) is 2.96. The van der Waals surface area contributed by atoms with Crippen LogP contribution in [-0.4, -0.2) is 42.0 Å². The second-order valence-corrected chi connectivity index (χ2v) is 7.23. The van der Waals surface area contributed by atoms with E-state index in [1.54, 1.807) is 6.08 Å². The second-order valence-electron chi connectivity index (χ2n) is 6.32. The summed E-state index contributed by atoms with van der Waals surface area (Å²) < 4.78 is 5.97. The number of allylic oxidation sites excluding steroid dienone is 1. The lowest BCUT2D eigenvalue weighted by Gasteiger charge is -2.26. The Morgan fingerprint density at radius 3 is 2.50 bits per heavy atom. The third-order valence-electron chi connectivity index (χ3n) is 4.52. The van der Waals surface area contributed by atoms with Gasteiger partial charge in [0.15, 0.2) is 11.5 Å². The average molecular weight is 442 g/mol. The molecule has 1 aliphatic rings. The van der Waals surface area contributed by atoms with Crippen LogP contribution >= 0.6 is 15.9 Å². The number of hydrogen-bond donors (Lipinski definition) is 1. The Bertz CT molecular complexity index is 919. The zero-order valence-corrected chi connectivity index (χ0v) is 16.9. The van der Waals surface area contributed by atoms with Crippen molar-refractivity contribution in [1.82, 2.24) is 4.90 Å². The normalized spacial score (nSPS) is 17.0. The number of benzene rings is 2. The van der Waals surface area contributed by atoms with Gasteiger partial charge in [-0.1, -0.05) is 64.5 Å². The molecule has 0 bridgehead atoms. The summed E-state index contributed by atoms with van der Waals surface area (Å²) in [6.07, 6.45) is 3.06. The van der Waals surface area contributed by atoms with Crippen molar-refractivity contribution < 1.29 is 19.4 Å². The smallest absolute Gasteiger partial charge is 0.290 e. The van der Waals surface area contributed by atoms with Crippen molar-refractivity contribution in [1.29, 1.82) is 0 Å². The summed E-state index contributed by atoms with van der Waals surface area (Å²) in [7, 11) is 1.54. The maximum Gasteiger partial charge on any atom is 0.290 e. The number of ketones is 1. The Morgan fingerprint density at radius 2 is 1.86 bits per heavy atom. The van der Waals surface area contributed by atoms with Gasteiger partial charge in [0.25, 0.3) is 5.91 Å². The quantitative estimate of drug-likeness (QED) is 0.657. The Morgan fingerprint density at radius 1 is 1.18 bits per heavy atom. The van der Waals surface area contributed by atoms with Crippen LogP contribution < -0.4 is 0 Å². The van der Waals surface area contributed by atoms with E-state index in [-0.39, 0.29) is 12.1 Å². The van der Waals surface area contributed by atoms with Gasteiger partial charge in [-0.3, -0.25) is 9.59 Å². The Labute approximate surface area is 172 Å². The fourth-order valence-corrected chi connectivity index (χ4v) is 3.41. The minimum Gasteiger partial charge on any atom is -0.503 e. The SMILES string of the molecule is COCCN1C(=O)C(O)=C(C(=O)C=Cc2ccccc2)C1c1ccc(Br)cc1. The molecule has 0 aromatic heterocycles. The molecule has 0 fully saturated rings. The van der Waals surface area contributed by atoms with Crippen LogP contribution in [0.5, 0.6) is 0 Å². The molecule has 0 saturated carbocycles. The summed E-state index contributed by atoms with van der Waals surface area (Å²) in [5.74, 6) is -1.48. The zero-order valence-electron chi connectivity index (χ0n) is 15.3. The lowest BCUT2D eigenvalue weighted by atomic mass is 9.95. The number of carbonyl (C=O) groups excluding carboxylic acids is 2. The van der Waals surface area contributed by atoms with Crippen LogP contribution in [-0.2, 0) is 14.3 Å². The molecule has 0 aliphatic carbocycles. The van der Waals surface area contributed by atoms with E-state index >= 15 is 0 Å². The Kier molecular flexibility index (Phi) is 6.44. The van der Waals surface area contributed by atoms with Crippen LogP contribution in [0.1, 0.15) is 17.2 Å². The molecule has 28 heavy (non-hydrogen) atoms. The molecule has 1 unspecified atom stereocenters. The standard InChI is InChI=1S/C22H20BrNO4/c1-28-14-13-24-20(16-8-10-17(23)11-9-16)19(21(26)22(24)27)18(25)12-7-15-5-3-2-4-6-15/h2-12,20,26H,13-14H2,1H3. The maximum absolute atomic E-state index is 12.9. The van der Waals surface area contributed by atoms with E-state index in [1.807, 2.05) is 54.6 Å². The molecule has 0 spiro atoms. The van der Waals surface area contributed by atoms with Gasteiger partial charge < -0.3 is 14.7 Å². The molecular weight excluding hydrogens is 422 g/mol. The van der Waals surface area contributed by atoms with Gasteiger partial charge in [0, 0.05) is 18.1 Å². The molecule has 1 N–H and O–H groups in total. The van der Waals surface area contributed by atoms with Crippen molar-refractivity contribution in [2.45, 2.75) is 6.04 Å². The summed E-state index contributed by atoms with van der Waals surface area (Å²) in [5, 5.41) is 10.5. The van der Waals surface area contributed by atoms with E-state index in [1.165, 1.54) is 18.1 Å². The summed E-state index contributed by atoms with van der Waals surface area (Å²) in [5.41, 5.74) is 1.68. The number of rotatable bonds is 7. The first-order valence-corrected chi connectivity index (χ1v) is 9.58. The van der Waals surface area contributed by atoms with Crippen LogP contribution in [0, 0.1) is 0 Å². The van der Waals surface area contributed by atoms with Gasteiger partial charge in [-0.05, 0) is 29.3 Å². The van der Waals surface area contributed by atoms with Crippen LogP contribution in [0.15, 0.2) is 76.5 Å². The van der Waals surface area contributed by atoms with Crippen LogP contribution in [0.25, 0.3) is 6.08 Å². The molecule has 6 heteroatoms. The fourth-order valence-electron chi connectivity index (χ4n) is 3.14. The first-order chi connectivity index (χ1) is 13.5. The highest BCUT2D eigenvalue weighted by atomic mass is 79.9. The lowest BCUT2D eigenvalue weighted by molar-refractivity contribution is -0.130. The third-order valence-corrected chi connectivity index (χ3v) is 5.05. The highest BCUT2D eigenvalue weighted by Crippen LogP contribution is 2.38. The number of hydrogen-bond acceptors (Lipinski definition) is 4. The van der Waals surface area contributed by atoms with Gasteiger partial charge in [-0.15, -0.1) is 0 Å². The molecule has 5 nitrogen and oxygen atoms in total. The zero-order chi connectivity index (χ0) is 20.1. The monoisotopic (exact) mass is 441 g/mol. The number of nitrogens with zero attached hydrogens (tertiary/aromatic N) is 1. The number of carbonyl (C=O) groups is 2. The van der Waals surface area contributed by atoms with Crippen LogP contribution in [0.2, 0.25) is 0 Å². The van der Waals surface area contributed by atoms with Crippen molar-refractivity contribution in [2.75, 3.05) is 20.3 Å². The predicted molar refractivity (Wildman–Crippen MR) is 111 cm³/mol. The van der Waals surface area contributed by atoms with Crippen molar-refractivity contribution in [3.8, 4) is 0 Å². The second kappa shape index (κ2) is 8.99. The molecule has 0 saturated heterocycles. The maximum atomic E-state index is 12.9.